The minimum absolute atomic E-state index is 0.108. The van der Waals surface area contributed by atoms with E-state index in [1.165, 1.54) is 25.7 Å². The Labute approximate surface area is 128 Å². The summed E-state index contributed by atoms with van der Waals surface area (Å²) in [5.41, 5.74) is 0.302. The number of sulfone groups is 1. The smallest absolute Gasteiger partial charge is 0.314 e. The summed E-state index contributed by atoms with van der Waals surface area (Å²) in [6.07, 6.45) is 7.42. The highest BCUT2D eigenvalue weighted by Gasteiger charge is 2.32. The molecule has 5 nitrogen and oxygen atoms in total. The predicted molar refractivity (Wildman–Crippen MR) is 84.0 cm³/mol. The van der Waals surface area contributed by atoms with Crippen LogP contribution in [0.2, 0.25) is 0 Å². The Hall–Kier alpha value is -0.780. The minimum atomic E-state index is -2.82. The molecule has 1 aliphatic carbocycles. The Bertz CT molecular complexity index is 442. The zero-order chi connectivity index (χ0) is 15.3. The van der Waals surface area contributed by atoms with E-state index in [-0.39, 0.29) is 17.5 Å². The molecule has 0 aromatic carbocycles. The third-order valence-electron chi connectivity index (χ3n) is 5.26. The first kappa shape index (κ1) is 16.6. The van der Waals surface area contributed by atoms with Gasteiger partial charge in [0.25, 0.3) is 0 Å². The zero-order valence-electron chi connectivity index (χ0n) is 13.0. The van der Waals surface area contributed by atoms with Crippen LogP contribution in [0.15, 0.2) is 0 Å². The van der Waals surface area contributed by atoms with Crippen LogP contribution in [0.3, 0.4) is 0 Å². The molecule has 1 aliphatic heterocycles. The first-order valence-electron chi connectivity index (χ1n) is 8.17. The number of rotatable bonds is 5. The van der Waals surface area contributed by atoms with Crippen LogP contribution in [0.1, 0.15) is 51.9 Å². The third-order valence-corrected chi connectivity index (χ3v) is 6.98. The van der Waals surface area contributed by atoms with Crippen LogP contribution >= 0.6 is 0 Å². The maximum Gasteiger partial charge on any atom is 0.314 e. The molecule has 1 saturated carbocycles. The minimum Gasteiger partial charge on any atom is -0.338 e. The molecule has 0 spiro atoms. The normalized spacial score (nSPS) is 24.6. The quantitative estimate of drug-likeness (QED) is 0.815. The van der Waals surface area contributed by atoms with E-state index in [0.29, 0.717) is 30.7 Å². The van der Waals surface area contributed by atoms with Gasteiger partial charge in [-0.1, -0.05) is 19.8 Å². The molecular formula is C15H28N2O3S. The second-order valence-corrected chi connectivity index (χ2v) is 9.02. The second kappa shape index (κ2) is 6.99. The van der Waals surface area contributed by atoms with Gasteiger partial charge in [0.1, 0.15) is 9.84 Å². The van der Waals surface area contributed by atoms with Crippen LogP contribution in [0, 0.1) is 11.3 Å². The Morgan fingerprint density at radius 1 is 1.14 bits per heavy atom. The number of amides is 2. The predicted octanol–water partition coefficient (Wildman–Crippen LogP) is 2.08. The highest BCUT2D eigenvalue weighted by atomic mass is 32.2. The zero-order valence-corrected chi connectivity index (χ0v) is 13.8. The van der Waals surface area contributed by atoms with Gasteiger partial charge in [0.15, 0.2) is 0 Å². The number of hydrogen-bond acceptors (Lipinski definition) is 3. The Morgan fingerprint density at radius 2 is 1.76 bits per heavy atom. The van der Waals surface area contributed by atoms with Gasteiger partial charge in [-0.05, 0) is 43.4 Å². The molecule has 1 heterocycles. The van der Waals surface area contributed by atoms with Gasteiger partial charge >= 0.3 is 6.03 Å². The molecule has 0 atom stereocenters. The van der Waals surface area contributed by atoms with Crippen molar-refractivity contribution in [1.82, 2.24) is 10.6 Å². The van der Waals surface area contributed by atoms with E-state index in [4.69, 9.17) is 0 Å². The highest BCUT2D eigenvalue weighted by Crippen LogP contribution is 2.40. The Balaban J connectivity index is 1.66. The van der Waals surface area contributed by atoms with E-state index in [2.05, 4.69) is 17.6 Å². The van der Waals surface area contributed by atoms with Gasteiger partial charge in [0.2, 0.25) is 0 Å². The van der Waals surface area contributed by atoms with Crippen molar-refractivity contribution >= 4 is 15.9 Å². The van der Waals surface area contributed by atoms with Crippen molar-refractivity contribution in [2.24, 2.45) is 11.3 Å². The number of hydrogen-bond donors (Lipinski definition) is 2. The fourth-order valence-electron chi connectivity index (χ4n) is 3.49. The average molecular weight is 316 g/mol. The standard InChI is InChI=1S/C15H28N2O3S/c1-2-15(7-3-4-8-15)12-17-14(18)16-11-13-5-9-21(19,20)10-6-13/h13H,2-12H2,1H3,(H2,16,17,18). The van der Waals surface area contributed by atoms with Crippen LogP contribution in [0.5, 0.6) is 0 Å². The van der Waals surface area contributed by atoms with Gasteiger partial charge in [-0.15, -0.1) is 0 Å². The molecule has 0 aromatic rings. The second-order valence-electron chi connectivity index (χ2n) is 6.72. The lowest BCUT2D eigenvalue weighted by Crippen LogP contribution is -2.43. The summed E-state index contributed by atoms with van der Waals surface area (Å²) < 4.78 is 22.7. The molecule has 6 heteroatoms. The first-order valence-corrected chi connectivity index (χ1v) is 9.99. The van der Waals surface area contributed by atoms with Crippen molar-refractivity contribution in [2.75, 3.05) is 24.6 Å². The Kier molecular flexibility index (Phi) is 5.52. The molecule has 122 valence electrons. The van der Waals surface area contributed by atoms with E-state index in [0.717, 1.165) is 13.0 Å². The number of nitrogens with one attached hydrogen (secondary N) is 2. The van der Waals surface area contributed by atoms with Crippen LogP contribution in [0.4, 0.5) is 4.79 Å². The van der Waals surface area contributed by atoms with Gasteiger partial charge in [-0.2, -0.15) is 0 Å². The molecular weight excluding hydrogens is 288 g/mol. The van der Waals surface area contributed by atoms with Gasteiger partial charge in [0, 0.05) is 13.1 Å². The van der Waals surface area contributed by atoms with Crippen molar-refractivity contribution in [1.29, 1.82) is 0 Å². The molecule has 0 bridgehead atoms. The van der Waals surface area contributed by atoms with Crippen molar-refractivity contribution in [3.63, 3.8) is 0 Å². The van der Waals surface area contributed by atoms with Crippen LogP contribution in [-0.4, -0.2) is 39.0 Å². The van der Waals surface area contributed by atoms with E-state index >= 15 is 0 Å². The summed E-state index contributed by atoms with van der Waals surface area (Å²) in [7, 11) is -2.82. The summed E-state index contributed by atoms with van der Waals surface area (Å²) in [4.78, 5) is 11.9. The van der Waals surface area contributed by atoms with Crippen molar-refractivity contribution in [3.05, 3.63) is 0 Å². The molecule has 2 fully saturated rings. The fraction of sp³-hybridized carbons (Fsp3) is 0.933. The average Bonchev–Trinajstić information content (AvgIpc) is 2.93. The first-order chi connectivity index (χ1) is 9.95. The third kappa shape index (κ3) is 4.87. The van der Waals surface area contributed by atoms with E-state index in [1.807, 2.05) is 0 Å². The molecule has 0 aromatic heterocycles. The lowest BCUT2D eigenvalue weighted by Gasteiger charge is -2.28. The van der Waals surface area contributed by atoms with E-state index < -0.39 is 9.84 Å². The molecule has 21 heavy (non-hydrogen) atoms. The summed E-state index contributed by atoms with van der Waals surface area (Å²) in [6.45, 7) is 3.54. The molecule has 2 rings (SSSR count). The summed E-state index contributed by atoms with van der Waals surface area (Å²) in [5.74, 6) is 0.825. The van der Waals surface area contributed by atoms with Crippen molar-refractivity contribution in [3.8, 4) is 0 Å². The Morgan fingerprint density at radius 3 is 2.33 bits per heavy atom. The molecule has 0 unspecified atom stereocenters. The highest BCUT2D eigenvalue weighted by molar-refractivity contribution is 7.91. The lowest BCUT2D eigenvalue weighted by molar-refractivity contribution is 0.223. The van der Waals surface area contributed by atoms with Gasteiger partial charge in [-0.3, -0.25) is 0 Å². The number of urea groups is 1. The summed E-state index contributed by atoms with van der Waals surface area (Å²) >= 11 is 0. The monoisotopic (exact) mass is 316 g/mol. The van der Waals surface area contributed by atoms with Crippen molar-refractivity contribution in [2.45, 2.75) is 51.9 Å². The molecule has 2 N–H and O–H groups in total. The SMILES string of the molecule is CCC1(CNC(=O)NCC2CCS(=O)(=O)CC2)CCCC1. The van der Waals surface area contributed by atoms with Gasteiger partial charge in [-0.25, -0.2) is 13.2 Å². The topological polar surface area (TPSA) is 75.3 Å². The van der Waals surface area contributed by atoms with Crippen LogP contribution < -0.4 is 10.6 Å². The maximum atomic E-state index is 11.9. The largest absolute Gasteiger partial charge is 0.338 e. The molecule has 1 saturated heterocycles. The lowest BCUT2D eigenvalue weighted by atomic mass is 9.83. The summed E-state index contributed by atoms with van der Waals surface area (Å²) in [6, 6.07) is -0.108. The van der Waals surface area contributed by atoms with Gasteiger partial charge in [0.05, 0.1) is 11.5 Å². The molecule has 2 aliphatic rings. The fourth-order valence-corrected chi connectivity index (χ4v) is 5.08. The van der Waals surface area contributed by atoms with Crippen LogP contribution in [0.25, 0.3) is 0 Å². The maximum absolute atomic E-state index is 11.9. The molecule has 2 amide bonds. The summed E-state index contributed by atoms with van der Waals surface area (Å²) in [5, 5.41) is 5.90. The molecule has 0 radical (unpaired) electrons. The van der Waals surface area contributed by atoms with E-state index in [9.17, 15) is 13.2 Å². The number of carbonyl (C=O) groups excluding carboxylic acids is 1. The van der Waals surface area contributed by atoms with Crippen LogP contribution in [-0.2, 0) is 9.84 Å². The number of carbonyl (C=O) groups is 1. The van der Waals surface area contributed by atoms with Crippen molar-refractivity contribution < 1.29 is 13.2 Å². The van der Waals surface area contributed by atoms with Gasteiger partial charge < -0.3 is 10.6 Å². The van der Waals surface area contributed by atoms with E-state index in [1.54, 1.807) is 0 Å².